The zero-order valence-electron chi connectivity index (χ0n) is 11.4. The minimum absolute atomic E-state index is 0.0274. The average Bonchev–Trinajstić information content (AvgIpc) is 3.08. The van der Waals surface area contributed by atoms with E-state index >= 15 is 0 Å². The molecule has 1 aromatic heterocycles. The Labute approximate surface area is 123 Å². The van der Waals surface area contributed by atoms with E-state index in [1.807, 2.05) is 11.4 Å². The number of carbonyl (C=O) groups is 1. The minimum Gasteiger partial charge on any atom is -0.395 e. The number of nitrogens with one attached hydrogen (secondary N) is 1. The zero-order valence-corrected chi connectivity index (χ0v) is 12.2. The molecule has 0 bridgehead atoms. The molecule has 108 valence electrons. The maximum absolute atomic E-state index is 11.8. The van der Waals surface area contributed by atoms with Crippen LogP contribution in [-0.4, -0.2) is 30.3 Å². The van der Waals surface area contributed by atoms with Gasteiger partial charge in [0.05, 0.1) is 25.7 Å². The first-order chi connectivity index (χ1) is 9.79. The van der Waals surface area contributed by atoms with Crippen molar-refractivity contribution in [2.24, 2.45) is 0 Å². The summed E-state index contributed by atoms with van der Waals surface area (Å²) in [5, 5.41) is 13.6. The number of ether oxygens (including phenoxy) is 1. The summed E-state index contributed by atoms with van der Waals surface area (Å²) in [5.41, 5.74) is 0.931. The number of amides is 1. The Morgan fingerprint density at radius 1 is 1.60 bits per heavy atom. The van der Waals surface area contributed by atoms with E-state index in [0.717, 1.165) is 29.9 Å². The van der Waals surface area contributed by atoms with Crippen LogP contribution in [0.2, 0.25) is 0 Å². The van der Waals surface area contributed by atoms with Gasteiger partial charge in [0.1, 0.15) is 0 Å². The molecule has 1 aliphatic heterocycles. The molecule has 4 nitrogen and oxygen atoms in total. The third-order valence-corrected chi connectivity index (χ3v) is 4.01. The summed E-state index contributed by atoms with van der Waals surface area (Å²) in [6, 6.07) is 1.94. The summed E-state index contributed by atoms with van der Waals surface area (Å²) in [6.07, 6.45) is 3.03. The quantitative estimate of drug-likeness (QED) is 0.812. The van der Waals surface area contributed by atoms with Crippen molar-refractivity contribution in [2.45, 2.75) is 38.3 Å². The van der Waals surface area contributed by atoms with E-state index in [4.69, 9.17) is 9.84 Å². The summed E-state index contributed by atoms with van der Waals surface area (Å²) in [5.74, 6) is 5.94. The van der Waals surface area contributed by atoms with Crippen molar-refractivity contribution in [3.63, 3.8) is 0 Å². The van der Waals surface area contributed by atoms with Gasteiger partial charge in [-0.05, 0) is 24.3 Å². The number of carbonyl (C=O) groups excluding carboxylic acids is 1. The first-order valence-electron chi connectivity index (χ1n) is 6.84. The third kappa shape index (κ3) is 4.64. The van der Waals surface area contributed by atoms with Crippen LogP contribution in [-0.2, 0) is 16.1 Å². The van der Waals surface area contributed by atoms with Crippen LogP contribution < -0.4 is 5.32 Å². The van der Waals surface area contributed by atoms with Gasteiger partial charge in [0.15, 0.2) is 0 Å². The largest absolute Gasteiger partial charge is 0.395 e. The molecule has 0 saturated carbocycles. The fourth-order valence-electron chi connectivity index (χ4n) is 2.07. The number of thiophene rings is 1. The van der Waals surface area contributed by atoms with Crippen LogP contribution in [0.25, 0.3) is 0 Å². The summed E-state index contributed by atoms with van der Waals surface area (Å²) < 4.78 is 5.45. The highest BCUT2D eigenvalue weighted by molar-refractivity contribution is 7.10. The number of hydrogen-bond donors (Lipinski definition) is 2. The van der Waals surface area contributed by atoms with Gasteiger partial charge < -0.3 is 15.2 Å². The lowest BCUT2D eigenvalue weighted by atomic mass is 10.2. The Kier molecular flexibility index (Phi) is 6.06. The Balaban J connectivity index is 1.80. The lowest BCUT2D eigenvalue weighted by Gasteiger charge is -2.09. The maximum Gasteiger partial charge on any atom is 0.222 e. The molecule has 1 aliphatic rings. The highest BCUT2D eigenvalue weighted by Gasteiger charge is 2.18. The molecule has 20 heavy (non-hydrogen) atoms. The molecule has 2 heterocycles. The topological polar surface area (TPSA) is 58.6 Å². The van der Waals surface area contributed by atoms with E-state index in [0.29, 0.717) is 19.4 Å². The fraction of sp³-hybridized carbons (Fsp3) is 0.533. The standard InChI is InChI=1S/C15H19NO3S/c17-7-2-1-4-12-6-9-20-14(12)11-16-15(18)10-13-5-3-8-19-13/h6,9,13,17H,2-3,5,7-8,10-11H2,(H,16,18). The molecule has 0 aromatic carbocycles. The van der Waals surface area contributed by atoms with E-state index in [1.54, 1.807) is 11.3 Å². The van der Waals surface area contributed by atoms with Crippen molar-refractivity contribution in [3.8, 4) is 11.8 Å². The lowest BCUT2D eigenvalue weighted by Crippen LogP contribution is -2.26. The van der Waals surface area contributed by atoms with E-state index in [2.05, 4.69) is 17.2 Å². The minimum atomic E-state index is 0.0274. The van der Waals surface area contributed by atoms with Gasteiger partial charge >= 0.3 is 0 Å². The van der Waals surface area contributed by atoms with E-state index in [-0.39, 0.29) is 18.6 Å². The average molecular weight is 293 g/mol. The van der Waals surface area contributed by atoms with Gasteiger partial charge in [0.2, 0.25) is 5.91 Å². The van der Waals surface area contributed by atoms with Crippen LogP contribution in [0.3, 0.4) is 0 Å². The predicted octanol–water partition coefficient (Wildman–Crippen LogP) is 1.67. The van der Waals surface area contributed by atoms with Gasteiger partial charge in [-0.2, -0.15) is 0 Å². The molecule has 1 amide bonds. The van der Waals surface area contributed by atoms with Crippen molar-refractivity contribution in [3.05, 3.63) is 21.9 Å². The van der Waals surface area contributed by atoms with Crippen molar-refractivity contribution in [1.29, 1.82) is 0 Å². The van der Waals surface area contributed by atoms with Crippen LogP contribution >= 0.6 is 11.3 Å². The zero-order chi connectivity index (χ0) is 14.2. The molecule has 5 heteroatoms. The molecule has 0 aliphatic carbocycles. The second-order valence-corrected chi connectivity index (χ2v) is 5.65. The van der Waals surface area contributed by atoms with Gasteiger partial charge in [-0.1, -0.05) is 11.8 Å². The van der Waals surface area contributed by atoms with Gasteiger partial charge in [0, 0.05) is 23.5 Å². The second-order valence-electron chi connectivity index (χ2n) is 4.65. The van der Waals surface area contributed by atoms with Crippen LogP contribution in [0.1, 0.15) is 36.1 Å². The molecule has 1 aromatic rings. The Bertz CT molecular complexity index is 495. The van der Waals surface area contributed by atoms with Crippen LogP contribution in [0.15, 0.2) is 11.4 Å². The molecule has 1 saturated heterocycles. The fourth-order valence-corrected chi connectivity index (χ4v) is 2.84. The molecule has 2 rings (SSSR count). The molecule has 0 spiro atoms. The molecular formula is C15H19NO3S. The molecule has 2 N–H and O–H groups in total. The van der Waals surface area contributed by atoms with Crippen molar-refractivity contribution in [2.75, 3.05) is 13.2 Å². The molecule has 1 fully saturated rings. The first-order valence-corrected chi connectivity index (χ1v) is 7.72. The smallest absolute Gasteiger partial charge is 0.222 e. The number of rotatable bonds is 5. The highest BCUT2D eigenvalue weighted by atomic mass is 32.1. The molecular weight excluding hydrogens is 274 g/mol. The van der Waals surface area contributed by atoms with Gasteiger partial charge in [-0.25, -0.2) is 0 Å². The Morgan fingerprint density at radius 3 is 3.25 bits per heavy atom. The Morgan fingerprint density at radius 2 is 2.50 bits per heavy atom. The predicted molar refractivity (Wildman–Crippen MR) is 78.3 cm³/mol. The number of aliphatic hydroxyl groups excluding tert-OH is 1. The molecule has 1 atom stereocenters. The Hall–Kier alpha value is -1.35. The normalized spacial score (nSPS) is 17.6. The summed E-state index contributed by atoms with van der Waals surface area (Å²) >= 11 is 1.58. The first kappa shape index (κ1) is 15.0. The monoisotopic (exact) mass is 293 g/mol. The van der Waals surface area contributed by atoms with E-state index in [1.165, 1.54) is 0 Å². The number of aliphatic hydroxyl groups is 1. The van der Waals surface area contributed by atoms with Crippen LogP contribution in [0.5, 0.6) is 0 Å². The third-order valence-electron chi connectivity index (χ3n) is 3.09. The van der Waals surface area contributed by atoms with E-state index < -0.39 is 0 Å². The van der Waals surface area contributed by atoms with Crippen molar-refractivity contribution < 1.29 is 14.6 Å². The van der Waals surface area contributed by atoms with E-state index in [9.17, 15) is 4.79 Å². The van der Waals surface area contributed by atoms with Gasteiger partial charge in [-0.3, -0.25) is 4.79 Å². The number of hydrogen-bond acceptors (Lipinski definition) is 4. The molecule has 1 unspecified atom stereocenters. The van der Waals surface area contributed by atoms with Crippen molar-refractivity contribution in [1.82, 2.24) is 5.32 Å². The molecule has 0 radical (unpaired) electrons. The van der Waals surface area contributed by atoms with Crippen molar-refractivity contribution >= 4 is 17.2 Å². The van der Waals surface area contributed by atoms with Crippen LogP contribution in [0.4, 0.5) is 0 Å². The summed E-state index contributed by atoms with van der Waals surface area (Å²) in [4.78, 5) is 12.9. The second kappa shape index (κ2) is 8.05. The summed E-state index contributed by atoms with van der Waals surface area (Å²) in [7, 11) is 0. The highest BCUT2D eigenvalue weighted by Crippen LogP contribution is 2.17. The summed E-state index contributed by atoms with van der Waals surface area (Å²) in [6.45, 7) is 1.35. The van der Waals surface area contributed by atoms with Gasteiger partial charge in [-0.15, -0.1) is 11.3 Å². The van der Waals surface area contributed by atoms with Crippen LogP contribution in [0, 0.1) is 11.8 Å². The SMILES string of the molecule is O=C(CC1CCCO1)NCc1sccc1C#CCCO. The lowest BCUT2D eigenvalue weighted by molar-refractivity contribution is -0.123. The maximum atomic E-state index is 11.8. The van der Waals surface area contributed by atoms with Gasteiger partial charge in [0.25, 0.3) is 0 Å².